The Hall–Kier alpha value is -4.18. The molecule has 1 radical (unpaired) electrons. The van der Waals surface area contributed by atoms with Crippen molar-refractivity contribution in [3.8, 4) is 22.5 Å². The molecule has 0 spiro atoms. The maximum Gasteiger partial charge on any atom is 0.164 e. The number of ketones is 1. The van der Waals surface area contributed by atoms with Crippen LogP contribution in [0.3, 0.4) is 0 Å². The van der Waals surface area contributed by atoms with Crippen LogP contribution in [0.5, 0.6) is 0 Å². The number of carbonyl (C=O) groups is 1. The molecule has 0 saturated heterocycles. The summed E-state index contributed by atoms with van der Waals surface area (Å²) in [6.07, 6.45) is 4.98. The molecule has 0 saturated carbocycles. The zero-order valence-electron chi connectivity index (χ0n) is 31.1. The predicted molar refractivity (Wildman–Crippen MR) is 202 cm³/mol. The van der Waals surface area contributed by atoms with E-state index in [0.29, 0.717) is 0 Å². The maximum atomic E-state index is 11.5. The molecule has 0 amide bonds. The van der Waals surface area contributed by atoms with Crippen molar-refractivity contribution in [1.29, 1.82) is 0 Å². The molecule has 50 heavy (non-hydrogen) atoms. The van der Waals surface area contributed by atoms with Gasteiger partial charge in [-0.15, -0.1) is 70.8 Å². The molecule has 0 bridgehead atoms. The Morgan fingerprint density at radius 1 is 0.640 bits per heavy atom. The van der Waals surface area contributed by atoms with E-state index >= 15 is 0 Å². The number of aliphatic hydroxyl groups excluding tert-OH is 1. The SMILES string of the molecule is CC(C)(C)C(=O)/C=C(\O)C(C)(C)C.CC1(C)c2ccccc2C(C)(C)c2c(-c3ccccn3)[c-]ccc21.[Ir].[c-]1ccccc1-c1ccccn1. The minimum Gasteiger partial charge on any atom is -0.512 e. The van der Waals surface area contributed by atoms with Crippen molar-refractivity contribution in [3.05, 3.63) is 156 Å². The molecule has 1 aliphatic carbocycles. The molecule has 3 aromatic carbocycles. The molecule has 5 heteroatoms. The first-order chi connectivity index (χ1) is 23.0. The van der Waals surface area contributed by atoms with Crippen molar-refractivity contribution in [1.82, 2.24) is 9.97 Å². The van der Waals surface area contributed by atoms with Crippen LogP contribution < -0.4 is 0 Å². The number of pyridine rings is 2. The van der Waals surface area contributed by atoms with Crippen LogP contribution in [0.25, 0.3) is 22.5 Å². The number of allylic oxidation sites excluding steroid dienone is 2. The fourth-order valence-electron chi connectivity index (χ4n) is 5.87. The summed E-state index contributed by atoms with van der Waals surface area (Å²) in [5.74, 6) is 0.104. The van der Waals surface area contributed by atoms with Crippen LogP contribution in [-0.4, -0.2) is 20.9 Å². The van der Waals surface area contributed by atoms with Crippen LogP contribution in [0.1, 0.15) is 91.5 Å². The molecular weight excluding hydrogens is 793 g/mol. The van der Waals surface area contributed by atoms with E-state index < -0.39 is 5.41 Å². The maximum absolute atomic E-state index is 11.5. The zero-order valence-corrected chi connectivity index (χ0v) is 33.4. The van der Waals surface area contributed by atoms with Gasteiger partial charge < -0.3 is 15.1 Å². The Kier molecular flexibility index (Phi) is 13.1. The first kappa shape index (κ1) is 40.3. The van der Waals surface area contributed by atoms with Gasteiger partial charge in [0, 0.05) is 49.4 Å². The van der Waals surface area contributed by atoms with E-state index in [1.54, 1.807) is 6.20 Å². The summed E-state index contributed by atoms with van der Waals surface area (Å²) < 4.78 is 0. The summed E-state index contributed by atoms with van der Waals surface area (Å²) >= 11 is 0. The van der Waals surface area contributed by atoms with E-state index in [1.165, 1.54) is 28.3 Å². The van der Waals surface area contributed by atoms with Gasteiger partial charge in [-0.05, 0) is 45.5 Å². The third-order valence-corrected chi connectivity index (χ3v) is 8.92. The Morgan fingerprint density at radius 3 is 1.68 bits per heavy atom. The van der Waals surface area contributed by atoms with Gasteiger partial charge in [0.2, 0.25) is 0 Å². The van der Waals surface area contributed by atoms with Gasteiger partial charge in [0.1, 0.15) is 5.76 Å². The number of nitrogens with zero attached hydrogens (tertiary/aromatic N) is 2. The molecule has 2 aromatic heterocycles. The van der Waals surface area contributed by atoms with Crippen LogP contribution in [0.15, 0.2) is 121 Å². The van der Waals surface area contributed by atoms with Gasteiger partial charge in [0.05, 0.1) is 0 Å². The average Bonchev–Trinajstić information content (AvgIpc) is 3.08. The number of hydrogen-bond acceptors (Lipinski definition) is 4. The number of rotatable bonds is 3. The molecule has 5 aromatic rings. The zero-order chi connectivity index (χ0) is 36.0. The van der Waals surface area contributed by atoms with Gasteiger partial charge in [-0.2, -0.15) is 0 Å². The summed E-state index contributed by atoms with van der Waals surface area (Å²) in [6.45, 7) is 20.4. The molecular formula is C45H50IrN2O2-2. The number of aromatic nitrogens is 2. The second-order valence-electron chi connectivity index (χ2n) is 15.5. The van der Waals surface area contributed by atoms with Gasteiger partial charge in [0.25, 0.3) is 0 Å². The summed E-state index contributed by atoms with van der Waals surface area (Å²) in [6, 6.07) is 39.5. The third-order valence-electron chi connectivity index (χ3n) is 8.92. The van der Waals surface area contributed by atoms with E-state index in [1.807, 2.05) is 102 Å². The van der Waals surface area contributed by atoms with Crippen LogP contribution >= 0.6 is 0 Å². The van der Waals surface area contributed by atoms with Gasteiger partial charge >= 0.3 is 0 Å². The van der Waals surface area contributed by atoms with Gasteiger partial charge in [-0.25, -0.2) is 0 Å². The predicted octanol–water partition coefficient (Wildman–Crippen LogP) is 11.1. The van der Waals surface area contributed by atoms with Crippen molar-refractivity contribution in [2.75, 3.05) is 0 Å². The normalized spacial score (nSPS) is 14.2. The second-order valence-corrected chi connectivity index (χ2v) is 15.5. The van der Waals surface area contributed by atoms with Gasteiger partial charge in [-0.1, -0.05) is 118 Å². The second kappa shape index (κ2) is 16.2. The molecule has 0 unspecified atom stereocenters. The smallest absolute Gasteiger partial charge is 0.164 e. The van der Waals surface area contributed by atoms with E-state index in [2.05, 4.69) is 92.3 Å². The molecule has 1 aliphatic rings. The molecule has 4 nitrogen and oxygen atoms in total. The Labute approximate surface area is 313 Å². The van der Waals surface area contributed by atoms with E-state index in [4.69, 9.17) is 0 Å². The molecule has 1 N–H and O–H groups in total. The molecule has 0 fully saturated rings. The van der Waals surface area contributed by atoms with E-state index in [0.717, 1.165) is 22.5 Å². The molecule has 0 atom stereocenters. The molecule has 263 valence electrons. The Bertz CT molecular complexity index is 1850. The number of hydrogen-bond donors (Lipinski definition) is 1. The molecule has 2 heterocycles. The van der Waals surface area contributed by atoms with E-state index in [-0.39, 0.29) is 47.9 Å². The van der Waals surface area contributed by atoms with Crippen LogP contribution in [-0.2, 0) is 35.7 Å². The van der Waals surface area contributed by atoms with Crippen molar-refractivity contribution in [2.24, 2.45) is 10.8 Å². The number of aliphatic hydroxyl groups is 1. The largest absolute Gasteiger partial charge is 0.512 e. The minimum absolute atomic E-state index is 0. The topological polar surface area (TPSA) is 63.1 Å². The average molecular weight is 843 g/mol. The number of fused-ring (bicyclic) bond motifs is 2. The summed E-state index contributed by atoms with van der Waals surface area (Å²) in [4.78, 5) is 20.3. The van der Waals surface area contributed by atoms with Crippen molar-refractivity contribution in [2.45, 2.75) is 80.1 Å². The van der Waals surface area contributed by atoms with Crippen LogP contribution in [0, 0.1) is 23.0 Å². The number of carbonyl (C=O) groups excluding carboxylic acids is 1. The van der Waals surface area contributed by atoms with E-state index in [9.17, 15) is 9.90 Å². The van der Waals surface area contributed by atoms with Gasteiger partial charge in [-0.3, -0.25) is 4.79 Å². The quantitative estimate of drug-likeness (QED) is 0.112. The fraction of sp³-hybridized carbons (Fsp3) is 0.311. The van der Waals surface area contributed by atoms with Crippen molar-refractivity contribution >= 4 is 5.78 Å². The first-order valence-corrected chi connectivity index (χ1v) is 16.9. The summed E-state index contributed by atoms with van der Waals surface area (Å²) in [7, 11) is 0. The molecule has 0 aliphatic heterocycles. The Balaban J connectivity index is 0.000000222. The minimum atomic E-state index is -0.417. The van der Waals surface area contributed by atoms with Crippen molar-refractivity contribution < 1.29 is 30.0 Å². The first-order valence-electron chi connectivity index (χ1n) is 16.9. The monoisotopic (exact) mass is 843 g/mol. The van der Waals surface area contributed by atoms with Crippen LogP contribution in [0.4, 0.5) is 0 Å². The standard InChI is InChI=1S/C23H22N.C11H8N.C11H20O2.Ir/c1-22(2)17-11-5-6-12-18(17)23(3,4)21-16(10-9-13-19(21)22)20-14-7-8-15-24-20;1-2-6-10(7-3-1)11-8-4-5-9-12-11;1-10(2,3)8(12)7-9(13)11(4,5)6;/h5-9,11-15H,1-4H3;1-6,8-9H;7,12H,1-6H3;/q2*-1;;/b;;8-7-;. The van der Waals surface area contributed by atoms with Crippen LogP contribution in [0.2, 0.25) is 0 Å². The Morgan fingerprint density at radius 2 is 1.18 bits per heavy atom. The van der Waals surface area contributed by atoms with Gasteiger partial charge in [0.15, 0.2) is 5.78 Å². The molecule has 6 rings (SSSR count). The summed E-state index contributed by atoms with van der Waals surface area (Å²) in [5, 5.41) is 9.56. The summed E-state index contributed by atoms with van der Waals surface area (Å²) in [5.41, 5.74) is 8.82. The number of benzene rings is 3. The van der Waals surface area contributed by atoms with Crippen molar-refractivity contribution in [3.63, 3.8) is 0 Å². The third kappa shape index (κ3) is 9.33. The fourth-order valence-corrected chi connectivity index (χ4v) is 5.87.